The molecule has 0 rings (SSSR count). The SMILES string of the molecule is CCCCC(CNC(=O)OC(C)(C)C)NC(=NC)NCC(C)(C)S(C)(=O)=O. The number of rotatable bonds is 9. The van der Waals surface area contributed by atoms with Crippen LogP contribution in [0.25, 0.3) is 0 Å². The number of unbranched alkanes of at least 4 members (excludes halogenated alkanes) is 1. The zero-order chi connectivity index (χ0) is 21.3. The zero-order valence-corrected chi connectivity index (χ0v) is 18.9. The summed E-state index contributed by atoms with van der Waals surface area (Å²) in [7, 11) is -1.58. The van der Waals surface area contributed by atoms with Gasteiger partial charge in [0.05, 0.1) is 4.75 Å². The topological polar surface area (TPSA) is 109 Å². The third kappa shape index (κ3) is 11.0. The highest BCUT2D eigenvalue weighted by Crippen LogP contribution is 2.13. The maximum Gasteiger partial charge on any atom is 0.407 e. The van der Waals surface area contributed by atoms with Gasteiger partial charge in [-0.3, -0.25) is 4.99 Å². The van der Waals surface area contributed by atoms with Gasteiger partial charge < -0.3 is 20.7 Å². The molecule has 0 spiro atoms. The molecule has 0 saturated heterocycles. The molecule has 0 saturated carbocycles. The number of hydrogen-bond acceptors (Lipinski definition) is 5. The summed E-state index contributed by atoms with van der Waals surface area (Å²) in [6.07, 6.45) is 3.60. The first-order valence-corrected chi connectivity index (χ1v) is 11.2. The molecule has 1 unspecified atom stereocenters. The van der Waals surface area contributed by atoms with Gasteiger partial charge in [-0.25, -0.2) is 13.2 Å². The molecule has 0 radical (unpaired) electrons. The summed E-state index contributed by atoms with van der Waals surface area (Å²) in [4.78, 5) is 16.0. The van der Waals surface area contributed by atoms with E-state index in [0.29, 0.717) is 12.5 Å². The summed E-state index contributed by atoms with van der Waals surface area (Å²) in [6, 6.07) is -0.0509. The van der Waals surface area contributed by atoms with Crippen LogP contribution >= 0.6 is 0 Å². The first-order valence-electron chi connectivity index (χ1n) is 9.35. The van der Waals surface area contributed by atoms with E-state index >= 15 is 0 Å². The lowest BCUT2D eigenvalue weighted by Crippen LogP contribution is -2.52. The molecule has 0 aromatic rings. The number of carbonyl (C=O) groups excluding carboxylic acids is 1. The number of aliphatic imine (C=N–C) groups is 1. The van der Waals surface area contributed by atoms with Crippen molar-refractivity contribution in [3.8, 4) is 0 Å². The Balaban J connectivity index is 4.82. The summed E-state index contributed by atoms with van der Waals surface area (Å²) in [6.45, 7) is 11.5. The molecular formula is C18H38N4O4S. The van der Waals surface area contributed by atoms with Gasteiger partial charge >= 0.3 is 6.09 Å². The molecule has 1 atom stereocenters. The molecule has 160 valence electrons. The normalized spacial score (nSPS) is 14.4. The van der Waals surface area contributed by atoms with Crippen molar-refractivity contribution in [2.45, 2.75) is 77.2 Å². The van der Waals surface area contributed by atoms with Crippen LogP contribution in [0.15, 0.2) is 4.99 Å². The van der Waals surface area contributed by atoms with E-state index in [1.807, 2.05) is 20.8 Å². The summed E-state index contributed by atoms with van der Waals surface area (Å²) in [5.74, 6) is 0.499. The number of carbonyl (C=O) groups is 1. The van der Waals surface area contributed by atoms with Crippen LogP contribution in [-0.4, -0.2) is 63.3 Å². The summed E-state index contributed by atoms with van der Waals surface area (Å²) in [5.41, 5.74) is -0.550. The number of hydrogen-bond donors (Lipinski definition) is 3. The molecule has 8 nitrogen and oxygen atoms in total. The molecule has 0 aromatic carbocycles. The van der Waals surface area contributed by atoms with Crippen molar-refractivity contribution >= 4 is 21.9 Å². The average Bonchev–Trinajstić information content (AvgIpc) is 2.50. The van der Waals surface area contributed by atoms with Crippen LogP contribution in [0.3, 0.4) is 0 Å². The molecule has 0 bridgehead atoms. The Morgan fingerprint density at radius 3 is 2.19 bits per heavy atom. The minimum absolute atomic E-state index is 0.0509. The van der Waals surface area contributed by atoms with Gasteiger partial charge in [0.25, 0.3) is 0 Å². The Hall–Kier alpha value is -1.51. The van der Waals surface area contributed by atoms with Crippen LogP contribution in [0.5, 0.6) is 0 Å². The van der Waals surface area contributed by atoms with Crippen LogP contribution in [0.4, 0.5) is 4.79 Å². The van der Waals surface area contributed by atoms with Gasteiger partial charge in [0.1, 0.15) is 5.60 Å². The van der Waals surface area contributed by atoms with Crippen molar-refractivity contribution in [2.75, 3.05) is 26.4 Å². The predicted octanol–water partition coefficient (Wildman–Crippen LogP) is 2.06. The zero-order valence-electron chi connectivity index (χ0n) is 18.1. The van der Waals surface area contributed by atoms with Crippen LogP contribution in [0.1, 0.15) is 60.8 Å². The number of amides is 1. The molecule has 3 N–H and O–H groups in total. The molecule has 0 aliphatic carbocycles. The van der Waals surface area contributed by atoms with E-state index in [2.05, 4.69) is 27.9 Å². The number of nitrogens with one attached hydrogen (secondary N) is 3. The monoisotopic (exact) mass is 406 g/mol. The van der Waals surface area contributed by atoms with Crippen molar-refractivity contribution in [1.82, 2.24) is 16.0 Å². The molecule has 0 aliphatic rings. The van der Waals surface area contributed by atoms with E-state index in [4.69, 9.17) is 4.74 Å². The third-order valence-electron chi connectivity index (χ3n) is 4.05. The van der Waals surface area contributed by atoms with E-state index < -0.39 is 26.3 Å². The van der Waals surface area contributed by atoms with E-state index in [0.717, 1.165) is 19.3 Å². The Morgan fingerprint density at radius 1 is 1.15 bits per heavy atom. The third-order valence-corrected chi connectivity index (χ3v) is 6.20. The maximum absolute atomic E-state index is 11.9. The average molecular weight is 407 g/mol. The van der Waals surface area contributed by atoms with E-state index in [1.165, 1.54) is 6.26 Å². The minimum Gasteiger partial charge on any atom is -0.444 e. The number of alkyl carbamates (subject to hydrolysis) is 1. The minimum atomic E-state index is -3.21. The Kier molecular flexibility index (Phi) is 10.1. The lowest BCUT2D eigenvalue weighted by atomic mass is 10.1. The molecule has 27 heavy (non-hydrogen) atoms. The number of guanidine groups is 1. The predicted molar refractivity (Wildman–Crippen MR) is 111 cm³/mol. The van der Waals surface area contributed by atoms with E-state index in [9.17, 15) is 13.2 Å². The maximum atomic E-state index is 11.9. The van der Waals surface area contributed by atoms with Gasteiger partial charge in [-0.05, 0) is 41.0 Å². The largest absolute Gasteiger partial charge is 0.444 e. The van der Waals surface area contributed by atoms with Gasteiger partial charge in [-0.2, -0.15) is 0 Å². The second-order valence-corrected chi connectivity index (χ2v) is 11.0. The number of nitrogens with zero attached hydrogens (tertiary/aromatic N) is 1. The van der Waals surface area contributed by atoms with Crippen molar-refractivity contribution in [2.24, 2.45) is 4.99 Å². The summed E-state index contributed by atoms with van der Waals surface area (Å²) in [5, 5.41) is 9.09. The lowest BCUT2D eigenvalue weighted by molar-refractivity contribution is 0.0522. The van der Waals surface area contributed by atoms with Crippen LogP contribution in [0, 0.1) is 0 Å². The quantitative estimate of drug-likeness (QED) is 0.399. The fourth-order valence-electron chi connectivity index (χ4n) is 2.01. The fourth-order valence-corrected chi connectivity index (χ4v) is 2.35. The van der Waals surface area contributed by atoms with E-state index in [-0.39, 0.29) is 12.6 Å². The van der Waals surface area contributed by atoms with Gasteiger partial charge in [0, 0.05) is 32.4 Å². The summed E-state index contributed by atoms with van der Waals surface area (Å²) >= 11 is 0. The van der Waals surface area contributed by atoms with Crippen molar-refractivity contribution in [3.63, 3.8) is 0 Å². The standard InChI is InChI=1S/C18H38N4O4S/c1-9-10-11-14(12-20-16(23)26-17(2,3)4)22-15(19-7)21-13-18(5,6)27(8,24)25/h14H,9-13H2,1-8H3,(H,20,23)(H2,19,21,22). The van der Waals surface area contributed by atoms with Crippen LogP contribution < -0.4 is 16.0 Å². The highest BCUT2D eigenvalue weighted by Gasteiger charge is 2.30. The van der Waals surface area contributed by atoms with Crippen molar-refractivity contribution in [3.05, 3.63) is 0 Å². The van der Waals surface area contributed by atoms with Crippen LogP contribution in [0.2, 0.25) is 0 Å². The molecule has 0 fully saturated rings. The highest BCUT2D eigenvalue weighted by atomic mass is 32.2. The van der Waals surface area contributed by atoms with Gasteiger partial charge in [0.2, 0.25) is 0 Å². The molecule has 1 amide bonds. The molecule has 0 aromatic heterocycles. The lowest BCUT2D eigenvalue weighted by Gasteiger charge is -2.27. The smallest absolute Gasteiger partial charge is 0.407 e. The molecule has 0 heterocycles. The molecular weight excluding hydrogens is 368 g/mol. The first kappa shape index (κ1) is 25.5. The van der Waals surface area contributed by atoms with Gasteiger partial charge in [0.15, 0.2) is 15.8 Å². The molecule has 9 heteroatoms. The summed E-state index contributed by atoms with van der Waals surface area (Å²) < 4.78 is 28.0. The number of sulfone groups is 1. The number of ether oxygens (including phenoxy) is 1. The van der Waals surface area contributed by atoms with Gasteiger partial charge in [-0.1, -0.05) is 19.8 Å². The van der Waals surface area contributed by atoms with Crippen LogP contribution in [-0.2, 0) is 14.6 Å². The van der Waals surface area contributed by atoms with Gasteiger partial charge in [-0.15, -0.1) is 0 Å². The van der Waals surface area contributed by atoms with Crippen molar-refractivity contribution < 1.29 is 17.9 Å². The van der Waals surface area contributed by atoms with E-state index in [1.54, 1.807) is 20.9 Å². The first-order chi connectivity index (χ1) is 12.2. The Labute approximate surface area is 164 Å². The Morgan fingerprint density at radius 2 is 1.74 bits per heavy atom. The second kappa shape index (κ2) is 10.7. The fraction of sp³-hybridized carbons (Fsp3) is 0.889. The highest BCUT2D eigenvalue weighted by molar-refractivity contribution is 7.92. The molecule has 0 aliphatic heterocycles. The Bertz CT molecular complexity index is 595. The van der Waals surface area contributed by atoms with Crippen molar-refractivity contribution in [1.29, 1.82) is 0 Å². The second-order valence-electron chi connectivity index (χ2n) is 8.32.